The fourth-order valence-electron chi connectivity index (χ4n) is 2.49. The fraction of sp³-hybridized carbons (Fsp3) is 0.875. The molecule has 0 aromatic carbocycles. The number of hydrogen-bond donors (Lipinski definition) is 0. The van der Waals surface area contributed by atoms with Crippen LogP contribution in [0.15, 0.2) is 0 Å². The summed E-state index contributed by atoms with van der Waals surface area (Å²) in [7, 11) is 0. The molecule has 0 amide bonds. The summed E-state index contributed by atoms with van der Waals surface area (Å²) < 4.78 is 0. The fourth-order valence-corrected chi connectivity index (χ4v) is 3.39. The minimum atomic E-state index is -0.340. The standard InChI is InChI=1S/C8H10Cl2O/c9-6-3-5-1-2-8(6,4-5)7(10)11/h5-6H,1-4H2/t5-,6-,8+/m0/s1. The molecule has 0 aliphatic heterocycles. The molecule has 2 saturated carbocycles. The van der Waals surface area contributed by atoms with E-state index in [0.717, 1.165) is 25.7 Å². The van der Waals surface area contributed by atoms with Gasteiger partial charge in [0.1, 0.15) is 0 Å². The molecule has 11 heavy (non-hydrogen) atoms. The molecule has 0 aromatic rings. The lowest BCUT2D eigenvalue weighted by molar-refractivity contribution is -0.119. The van der Waals surface area contributed by atoms with Gasteiger partial charge in [0.15, 0.2) is 0 Å². The van der Waals surface area contributed by atoms with Crippen LogP contribution in [0.2, 0.25) is 0 Å². The maximum Gasteiger partial charge on any atom is 0.229 e. The van der Waals surface area contributed by atoms with Crippen LogP contribution in [0.4, 0.5) is 0 Å². The zero-order valence-corrected chi connectivity index (χ0v) is 7.66. The van der Waals surface area contributed by atoms with Gasteiger partial charge in [-0.3, -0.25) is 4.79 Å². The summed E-state index contributed by atoms with van der Waals surface area (Å²) in [5, 5.41) is -0.205. The van der Waals surface area contributed by atoms with Crippen molar-refractivity contribution < 1.29 is 4.79 Å². The van der Waals surface area contributed by atoms with Crippen molar-refractivity contribution in [1.29, 1.82) is 0 Å². The Morgan fingerprint density at radius 3 is 2.55 bits per heavy atom. The number of carbonyl (C=O) groups excluding carboxylic acids is 1. The summed E-state index contributed by atoms with van der Waals surface area (Å²) in [5.74, 6) is 0.667. The molecule has 0 aromatic heterocycles. The largest absolute Gasteiger partial charge is 0.281 e. The molecule has 62 valence electrons. The third kappa shape index (κ3) is 0.940. The van der Waals surface area contributed by atoms with Crippen molar-refractivity contribution in [2.45, 2.75) is 31.1 Å². The van der Waals surface area contributed by atoms with E-state index in [0.29, 0.717) is 5.92 Å². The molecule has 0 saturated heterocycles. The second-order valence-electron chi connectivity index (χ2n) is 3.74. The van der Waals surface area contributed by atoms with E-state index in [1.807, 2.05) is 0 Å². The van der Waals surface area contributed by atoms with E-state index in [-0.39, 0.29) is 16.0 Å². The quantitative estimate of drug-likeness (QED) is 0.462. The lowest BCUT2D eigenvalue weighted by atomic mass is 9.85. The molecule has 2 aliphatic rings. The van der Waals surface area contributed by atoms with Gasteiger partial charge in [0.05, 0.1) is 5.41 Å². The Morgan fingerprint density at radius 1 is 1.55 bits per heavy atom. The van der Waals surface area contributed by atoms with Crippen molar-refractivity contribution in [3.63, 3.8) is 0 Å². The van der Waals surface area contributed by atoms with Crippen LogP contribution in [0.5, 0.6) is 0 Å². The first-order valence-corrected chi connectivity index (χ1v) is 4.80. The molecule has 0 radical (unpaired) electrons. The highest BCUT2D eigenvalue weighted by Crippen LogP contribution is 2.57. The van der Waals surface area contributed by atoms with Gasteiger partial charge >= 0.3 is 0 Å². The number of alkyl halides is 1. The second kappa shape index (κ2) is 2.37. The summed E-state index contributed by atoms with van der Waals surface area (Å²) in [6.45, 7) is 0. The van der Waals surface area contributed by atoms with Gasteiger partial charge in [-0.05, 0) is 43.2 Å². The van der Waals surface area contributed by atoms with E-state index in [2.05, 4.69) is 0 Å². The molecule has 0 unspecified atom stereocenters. The lowest BCUT2D eigenvalue weighted by Gasteiger charge is -2.26. The van der Waals surface area contributed by atoms with Crippen molar-refractivity contribution in [2.75, 3.05) is 0 Å². The van der Waals surface area contributed by atoms with Crippen molar-refractivity contribution in [3.8, 4) is 0 Å². The van der Waals surface area contributed by atoms with Gasteiger partial charge in [0, 0.05) is 5.38 Å². The summed E-state index contributed by atoms with van der Waals surface area (Å²) in [6.07, 6.45) is 3.97. The molecule has 3 atom stereocenters. The average Bonchev–Trinajstić information content (AvgIpc) is 2.43. The Kier molecular flexibility index (Phi) is 1.69. The highest BCUT2D eigenvalue weighted by atomic mass is 35.5. The van der Waals surface area contributed by atoms with Crippen LogP contribution in [-0.4, -0.2) is 10.6 Å². The third-order valence-corrected chi connectivity index (χ3v) is 4.16. The van der Waals surface area contributed by atoms with E-state index >= 15 is 0 Å². The molecule has 2 rings (SSSR count). The number of hydrogen-bond acceptors (Lipinski definition) is 1. The van der Waals surface area contributed by atoms with Crippen LogP contribution < -0.4 is 0 Å². The SMILES string of the molecule is O=C(Cl)[C@@]12CC[C@@H](C[C@@H]1Cl)C2. The van der Waals surface area contributed by atoms with Crippen LogP contribution in [0.3, 0.4) is 0 Å². The van der Waals surface area contributed by atoms with Gasteiger partial charge in [-0.2, -0.15) is 0 Å². The molecule has 0 spiro atoms. The van der Waals surface area contributed by atoms with E-state index in [9.17, 15) is 4.79 Å². The molecule has 0 heterocycles. The van der Waals surface area contributed by atoms with Gasteiger partial charge in [-0.1, -0.05) is 0 Å². The minimum absolute atomic E-state index is 0.00579. The number of fused-ring (bicyclic) bond motifs is 2. The zero-order valence-electron chi connectivity index (χ0n) is 6.15. The van der Waals surface area contributed by atoms with Crippen molar-refractivity contribution in [3.05, 3.63) is 0 Å². The van der Waals surface area contributed by atoms with E-state index in [1.54, 1.807) is 0 Å². The first-order valence-electron chi connectivity index (χ1n) is 3.99. The lowest BCUT2D eigenvalue weighted by Crippen LogP contribution is -2.31. The zero-order chi connectivity index (χ0) is 8.06. The van der Waals surface area contributed by atoms with Crippen LogP contribution in [-0.2, 0) is 4.79 Å². The van der Waals surface area contributed by atoms with Gasteiger partial charge in [-0.15, -0.1) is 11.6 Å². The maximum absolute atomic E-state index is 11.1. The molecule has 2 fully saturated rings. The summed E-state index contributed by atoms with van der Waals surface area (Å²) in [5.41, 5.74) is -0.340. The Labute approximate surface area is 76.1 Å². The smallest absolute Gasteiger partial charge is 0.229 e. The van der Waals surface area contributed by atoms with Gasteiger partial charge in [-0.25, -0.2) is 0 Å². The maximum atomic E-state index is 11.1. The third-order valence-electron chi connectivity index (χ3n) is 3.18. The molecule has 2 bridgehead atoms. The van der Waals surface area contributed by atoms with Crippen LogP contribution >= 0.6 is 23.2 Å². The van der Waals surface area contributed by atoms with E-state index < -0.39 is 0 Å². The van der Waals surface area contributed by atoms with Gasteiger partial charge < -0.3 is 0 Å². The highest BCUT2D eigenvalue weighted by Gasteiger charge is 2.55. The Hall–Kier alpha value is 0.250. The monoisotopic (exact) mass is 192 g/mol. The molecular formula is C8H10Cl2O. The minimum Gasteiger partial charge on any atom is -0.281 e. The summed E-state index contributed by atoms with van der Waals surface area (Å²) >= 11 is 11.6. The first-order chi connectivity index (χ1) is 5.15. The van der Waals surface area contributed by atoms with Crippen molar-refractivity contribution in [1.82, 2.24) is 0 Å². The van der Waals surface area contributed by atoms with Crippen molar-refractivity contribution in [2.24, 2.45) is 11.3 Å². The average molecular weight is 193 g/mol. The molecule has 1 nitrogen and oxygen atoms in total. The predicted octanol–water partition coefficient (Wildman–Crippen LogP) is 2.55. The topological polar surface area (TPSA) is 17.1 Å². The number of halogens is 2. The van der Waals surface area contributed by atoms with Crippen LogP contribution in [0.25, 0.3) is 0 Å². The van der Waals surface area contributed by atoms with Gasteiger partial charge in [0.2, 0.25) is 5.24 Å². The Morgan fingerprint density at radius 2 is 2.27 bits per heavy atom. The Balaban J connectivity index is 2.29. The predicted molar refractivity (Wildman–Crippen MR) is 44.9 cm³/mol. The van der Waals surface area contributed by atoms with E-state index in [4.69, 9.17) is 23.2 Å². The first kappa shape index (κ1) is 7.88. The molecule has 0 N–H and O–H groups in total. The summed E-state index contributed by atoms with van der Waals surface area (Å²) in [4.78, 5) is 11.1. The second-order valence-corrected chi connectivity index (χ2v) is 4.61. The van der Waals surface area contributed by atoms with Crippen LogP contribution in [0, 0.1) is 11.3 Å². The molecule has 3 heteroatoms. The van der Waals surface area contributed by atoms with Crippen molar-refractivity contribution >= 4 is 28.4 Å². The van der Waals surface area contributed by atoms with E-state index in [1.165, 1.54) is 0 Å². The number of carbonyl (C=O) groups is 1. The molecular weight excluding hydrogens is 183 g/mol. The summed E-state index contributed by atoms with van der Waals surface area (Å²) in [6, 6.07) is 0. The highest BCUT2D eigenvalue weighted by molar-refractivity contribution is 6.65. The van der Waals surface area contributed by atoms with Crippen LogP contribution in [0.1, 0.15) is 25.7 Å². The number of rotatable bonds is 1. The Bertz CT molecular complexity index is 204. The molecule has 2 aliphatic carbocycles. The van der Waals surface area contributed by atoms with Gasteiger partial charge in [0.25, 0.3) is 0 Å². The normalized spacial score (nSPS) is 48.2.